The van der Waals surface area contributed by atoms with E-state index in [1.54, 1.807) is 0 Å². The Kier molecular flexibility index (Phi) is 4.72. The summed E-state index contributed by atoms with van der Waals surface area (Å²) in [6, 6.07) is 7.72. The molecule has 1 aliphatic carbocycles. The molecule has 6 heteroatoms. The Morgan fingerprint density at radius 2 is 2.17 bits per heavy atom. The van der Waals surface area contributed by atoms with Crippen LogP contribution in [0.2, 0.25) is 5.02 Å². The molecule has 24 heavy (non-hydrogen) atoms. The highest BCUT2D eigenvalue weighted by Gasteiger charge is 2.50. The first-order valence-corrected chi connectivity index (χ1v) is 8.81. The predicted octanol–water partition coefficient (Wildman–Crippen LogP) is 3.17. The molecule has 3 rings (SSSR count). The molecule has 2 atom stereocenters. The summed E-state index contributed by atoms with van der Waals surface area (Å²) in [5.74, 6) is 0.226. The monoisotopic (exact) mass is 350 g/mol. The number of amides is 2. The minimum absolute atomic E-state index is 0.0462. The second-order valence-electron chi connectivity index (χ2n) is 7.16. The first kappa shape index (κ1) is 17.1. The minimum Gasteiger partial charge on any atom is -0.465 e. The van der Waals surface area contributed by atoms with Crippen LogP contribution in [0.1, 0.15) is 31.7 Å². The van der Waals surface area contributed by atoms with Gasteiger partial charge in [-0.15, -0.1) is 0 Å². The summed E-state index contributed by atoms with van der Waals surface area (Å²) < 4.78 is 0. The molecule has 0 unspecified atom stereocenters. The van der Waals surface area contributed by atoms with E-state index >= 15 is 0 Å². The number of hydrogen-bond donors (Lipinski definition) is 2. The Labute approximate surface area is 147 Å². The van der Waals surface area contributed by atoms with Crippen molar-refractivity contribution < 1.29 is 14.7 Å². The molecule has 2 aliphatic rings. The second kappa shape index (κ2) is 6.63. The maximum atomic E-state index is 12.8. The minimum atomic E-state index is -0.883. The van der Waals surface area contributed by atoms with Crippen molar-refractivity contribution in [3.8, 4) is 0 Å². The van der Waals surface area contributed by atoms with Crippen molar-refractivity contribution in [2.75, 3.05) is 13.1 Å². The Bertz CT molecular complexity index is 645. The van der Waals surface area contributed by atoms with E-state index in [2.05, 4.69) is 5.32 Å². The van der Waals surface area contributed by atoms with Gasteiger partial charge in [0.25, 0.3) is 0 Å². The molecule has 1 aromatic rings. The van der Waals surface area contributed by atoms with Crippen LogP contribution in [0.4, 0.5) is 4.79 Å². The van der Waals surface area contributed by atoms with Gasteiger partial charge >= 0.3 is 6.09 Å². The zero-order valence-corrected chi connectivity index (χ0v) is 14.6. The molecule has 1 aromatic carbocycles. The van der Waals surface area contributed by atoms with E-state index in [0.717, 1.165) is 18.4 Å². The van der Waals surface area contributed by atoms with Gasteiger partial charge in [-0.1, -0.05) is 30.7 Å². The Morgan fingerprint density at radius 3 is 2.75 bits per heavy atom. The van der Waals surface area contributed by atoms with Crippen molar-refractivity contribution in [2.45, 2.75) is 38.6 Å². The van der Waals surface area contributed by atoms with Gasteiger partial charge in [0, 0.05) is 24.2 Å². The largest absolute Gasteiger partial charge is 0.465 e. The van der Waals surface area contributed by atoms with Crippen molar-refractivity contribution in [1.82, 2.24) is 10.2 Å². The fourth-order valence-corrected chi connectivity index (χ4v) is 3.74. The van der Waals surface area contributed by atoms with Gasteiger partial charge in [0.05, 0.1) is 5.41 Å². The van der Waals surface area contributed by atoms with Crippen molar-refractivity contribution in [2.24, 2.45) is 11.3 Å². The maximum Gasteiger partial charge on any atom is 0.407 e. The molecule has 1 aliphatic heterocycles. The molecule has 130 valence electrons. The lowest BCUT2D eigenvalue weighted by Crippen LogP contribution is -2.52. The molecule has 5 nitrogen and oxygen atoms in total. The number of halogens is 1. The fourth-order valence-electron chi connectivity index (χ4n) is 3.53. The van der Waals surface area contributed by atoms with Gasteiger partial charge in [0.15, 0.2) is 0 Å². The summed E-state index contributed by atoms with van der Waals surface area (Å²) >= 11 is 6.03. The number of carboxylic acid groups (broad SMARTS) is 1. The molecule has 1 heterocycles. The standard InChI is InChI=1S/C18H23ClN2O3/c1-12-11-21(17(23)24)8-5-15(12)20-16(22)18(6-7-18)10-13-3-2-4-14(19)9-13/h2-4,9,12,15H,5-8,10-11H2,1H3,(H,20,22)(H,23,24)/t12-,15-/m0/s1. The van der Waals surface area contributed by atoms with Gasteiger partial charge in [-0.2, -0.15) is 0 Å². The van der Waals surface area contributed by atoms with E-state index in [-0.39, 0.29) is 23.3 Å². The van der Waals surface area contributed by atoms with Crippen molar-refractivity contribution >= 4 is 23.6 Å². The molecule has 0 radical (unpaired) electrons. The molecule has 2 N–H and O–H groups in total. The van der Waals surface area contributed by atoms with Crippen molar-refractivity contribution in [3.63, 3.8) is 0 Å². The molecule has 1 saturated heterocycles. The van der Waals surface area contributed by atoms with Crippen LogP contribution in [-0.2, 0) is 11.2 Å². The van der Waals surface area contributed by atoms with E-state index in [9.17, 15) is 9.59 Å². The third-order valence-electron chi connectivity index (χ3n) is 5.26. The summed E-state index contributed by atoms with van der Waals surface area (Å²) in [5.41, 5.74) is 0.776. The van der Waals surface area contributed by atoms with Gasteiger partial charge in [-0.05, 0) is 49.3 Å². The zero-order chi connectivity index (χ0) is 17.3. The van der Waals surface area contributed by atoms with Crippen LogP contribution in [0, 0.1) is 11.3 Å². The highest BCUT2D eigenvalue weighted by Crippen LogP contribution is 2.49. The summed E-state index contributed by atoms with van der Waals surface area (Å²) in [6.45, 7) is 2.95. The van der Waals surface area contributed by atoms with Crippen molar-refractivity contribution in [1.29, 1.82) is 0 Å². The molecule has 2 fully saturated rings. The SMILES string of the molecule is C[C@H]1CN(C(=O)O)CC[C@@H]1NC(=O)C1(Cc2cccc(Cl)c2)CC1. The number of rotatable bonds is 4. The van der Waals surface area contributed by atoms with Crippen LogP contribution in [-0.4, -0.2) is 41.1 Å². The molecular formula is C18H23ClN2O3. The molecule has 0 spiro atoms. The number of carbonyl (C=O) groups excluding carboxylic acids is 1. The number of hydrogen-bond acceptors (Lipinski definition) is 2. The lowest BCUT2D eigenvalue weighted by Gasteiger charge is -2.36. The average Bonchev–Trinajstić information content (AvgIpc) is 3.30. The van der Waals surface area contributed by atoms with Crippen LogP contribution in [0.3, 0.4) is 0 Å². The lowest BCUT2D eigenvalue weighted by molar-refractivity contribution is -0.127. The van der Waals surface area contributed by atoms with Gasteiger partial charge < -0.3 is 15.3 Å². The molecular weight excluding hydrogens is 328 g/mol. The summed E-state index contributed by atoms with van der Waals surface area (Å²) in [5, 5.41) is 12.9. The Balaban J connectivity index is 1.59. The summed E-state index contributed by atoms with van der Waals surface area (Å²) in [6.07, 6.45) is 2.29. The van der Waals surface area contributed by atoms with Gasteiger partial charge in [0.1, 0.15) is 0 Å². The number of nitrogens with one attached hydrogen (secondary N) is 1. The molecule has 1 saturated carbocycles. The highest BCUT2D eigenvalue weighted by molar-refractivity contribution is 6.30. The topological polar surface area (TPSA) is 69.6 Å². The highest BCUT2D eigenvalue weighted by atomic mass is 35.5. The Hall–Kier alpha value is -1.75. The van der Waals surface area contributed by atoms with Gasteiger partial charge in [-0.25, -0.2) is 4.79 Å². The number of benzene rings is 1. The maximum absolute atomic E-state index is 12.8. The first-order chi connectivity index (χ1) is 11.4. The molecule has 2 amide bonds. The van der Waals surface area contributed by atoms with Crippen LogP contribution in [0.5, 0.6) is 0 Å². The molecule has 0 aromatic heterocycles. The van der Waals surface area contributed by atoms with Crippen molar-refractivity contribution in [3.05, 3.63) is 34.9 Å². The van der Waals surface area contributed by atoms with Crippen LogP contribution >= 0.6 is 11.6 Å². The van der Waals surface area contributed by atoms with Gasteiger partial charge in [-0.3, -0.25) is 4.79 Å². The smallest absolute Gasteiger partial charge is 0.407 e. The lowest BCUT2D eigenvalue weighted by atomic mass is 9.91. The number of likely N-dealkylation sites (tertiary alicyclic amines) is 1. The van der Waals surface area contributed by atoms with E-state index in [4.69, 9.17) is 16.7 Å². The van der Waals surface area contributed by atoms with Crippen LogP contribution < -0.4 is 5.32 Å². The Morgan fingerprint density at radius 1 is 1.42 bits per heavy atom. The van der Waals surface area contributed by atoms with Gasteiger partial charge in [0.2, 0.25) is 5.91 Å². The fraction of sp³-hybridized carbons (Fsp3) is 0.556. The normalized spacial score (nSPS) is 25.2. The third-order valence-corrected chi connectivity index (χ3v) is 5.49. The first-order valence-electron chi connectivity index (χ1n) is 8.43. The van der Waals surface area contributed by atoms with E-state index in [1.165, 1.54) is 4.90 Å². The zero-order valence-electron chi connectivity index (χ0n) is 13.8. The second-order valence-corrected chi connectivity index (χ2v) is 7.60. The average molecular weight is 351 g/mol. The number of carbonyl (C=O) groups is 2. The predicted molar refractivity (Wildman–Crippen MR) is 92.1 cm³/mol. The van der Waals surface area contributed by atoms with E-state index in [1.807, 2.05) is 31.2 Å². The molecule has 0 bridgehead atoms. The van der Waals surface area contributed by atoms with E-state index < -0.39 is 6.09 Å². The quantitative estimate of drug-likeness (QED) is 0.876. The third kappa shape index (κ3) is 3.66. The van der Waals surface area contributed by atoms with E-state index in [0.29, 0.717) is 31.0 Å². The number of nitrogens with zero attached hydrogens (tertiary/aromatic N) is 1. The summed E-state index contributed by atoms with van der Waals surface area (Å²) in [7, 11) is 0. The number of piperidine rings is 1. The summed E-state index contributed by atoms with van der Waals surface area (Å²) in [4.78, 5) is 25.3. The van der Waals surface area contributed by atoms with Crippen LogP contribution in [0.15, 0.2) is 24.3 Å². The van der Waals surface area contributed by atoms with Crippen LogP contribution in [0.25, 0.3) is 0 Å².